The van der Waals surface area contributed by atoms with Crippen LogP contribution in [0.3, 0.4) is 0 Å². The molecule has 200 valence electrons. The summed E-state index contributed by atoms with van der Waals surface area (Å²) in [5, 5.41) is 7.53. The van der Waals surface area contributed by atoms with Gasteiger partial charge in [0.2, 0.25) is 0 Å². The molecule has 2 aliphatic heterocycles. The number of halogens is 3. The molecule has 0 unspecified atom stereocenters. The van der Waals surface area contributed by atoms with Gasteiger partial charge in [-0.15, -0.1) is 37.2 Å². The number of amidine groups is 1. The molecular formula is C26H43Cl3N4O2. The summed E-state index contributed by atoms with van der Waals surface area (Å²) in [6.07, 6.45) is 11.3. The average molecular weight is 550 g/mol. The number of carbonyl (C=O) groups is 1. The number of hydrogen-bond donors (Lipinski definition) is 2. The van der Waals surface area contributed by atoms with E-state index in [2.05, 4.69) is 21.9 Å². The lowest BCUT2D eigenvalue weighted by atomic mass is 9.91. The maximum atomic E-state index is 12.3. The van der Waals surface area contributed by atoms with Crippen LogP contribution in [-0.2, 0) is 9.53 Å². The first kappa shape index (κ1) is 31.8. The van der Waals surface area contributed by atoms with Crippen molar-refractivity contribution in [2.45, 2.75) is 70.3 Å². The highest BCUT2D eigenvalue weighted by molar-refractivity contribution is 5.95. The molecule has 6 nitrogen and oxygen atoms in total. The van der Waals surface area contributed by atoms with Crippen molar-refractivity contribution in [2.24, 2.45) is 17.6 Å². The quantitative estimate of drug-likeness (QED) is 0.269. The first-order valence-corrected chi connectivity index (χ1v) is 12.7. The number of rotatable bonds is 7. The van der Waals surface area contributed by atoms with Gasteiger partial charge in [-0.05, 0) is 101 Å². The van der Waals surface area contributed by atoms with Crippen molar-refractivity contribution < 1.29 is 9.53 Å². The maximum Gasteiger partial charge on any atom is 0.306 e. The van der Waals surface area contributed by atoms with Gasteiger partial charge in [-0.2, -0.15) is 0 Å². The van der Waals surface area contributed by atoms with Crippen LogP contribution in [0.15, 0.2) is 24.3 Å². The van der Waals surface area contributed by atoms with Gasteiger partial charge in [0.25, 0.3) is 0 Å². The van der Waals surface area contributed by atoms with Crippen molar-refractivity contribution in [3.8, 4) is 0 Å². The minimum Gasteiger partial charge on any atom is -0.462 e. The SMILES string of the molecule is Cl.Cl.Cl.N=C(N)c1ccc(N2CCC(CN3CCC(CC(=O)OC4CCCCC4)CC3)CC2)cc1. The largest absolute Gasteiger partial charge is 0.462 e. The number of ether oxygens (including phenoxy) is 1. The molecule has 3 N–H and O–H groups in total. The number of nitrogens with one attached hydrogen (secondary N) is 1. The summed E-state index contributed by atoms with van der Waals surface area (Å²) in [7, 11) is 0. The minimum absolute atomic E-state index is 0. The number of likely N-dealkylation sites (tertiary alicyclic amines) is 1. The van der Waals surface area contributed by atoms with Gasteiger partial charge in [0.1, 0.15) is 11.9 Å². The summed E-state index contributed by atoms with van der Waals surface area (Å²) in [6, 6.07) is 8.06. The Hall–Kier alpha value is -1.21. The fourth-order valence-electron chi connectivity index (χ4n) is 5.62. The second-order valence-electron chi connectivity index (χ2n) is 10.1. The van der Waals surface area contributed by atoms with E-state index >= 15 is 0 Å². The molecule has 0 atom stereocenters. The lowest BCUT2D eigenvalue weighted by Gasteiger charge is -2.38. The molecule has 3 aliphatic rings. The van der Waals surface area contributed by atoms with Crippen molar-refractivity contribution in [3.63, 3.8) is 0 Å². The van der Waals surface area contributed by atoms with E-state index in [0.29, 0.717) is 12.3 Å². The van der Waals surface area contributed by atoms with E-state index in [9.17, 15) is 4.79 Å². The third-order valence-corrected chi connectivity index (χ3v) is 7.69. The van der Waals surface area contributed by atoms with Gasteiger partial charge < -0.3 is 20.3 Å². The van der Waals surface area contributed by atoms with Crippen molar-refractivity contribution in [3.05, 3.63) is 29.8 Å². The van der Waals surface area contributed by atoms with Gasteiger partial charge in [-0.1, -0.05) is 6.42 Å². The van der Waals surface area contributed by atoms with Crippen molar-refractivity contribution >= 4 is 54.7 Å². The minimum atomic E-state index is 0. The van der Waals surface area contributed by atoms with E-state index < -0.39 is 0 Å². The molecule has 0 aromatic heterocycles. The van der Waals surface area contributed by atoms with Crippen LogP contribution < -0.4 is 10.6 Å². The van der Waals surface area contributed by atoms with Gasteiger partial charge in [-0.25, -0.2) is 0 Å². The molecule has 4 rings (SSSR count). The maximum absolute atomic E-state index is 12.3. The van der Waals surface area contributed by atoms with E-state index in [-0.39, 0.29) is 55.1 Å². The van der Waals surface area contributed by atoms with Crippen LogP contribution in [0.4, 0.5) is 5.69 Å². The monoisotopic (exact) mass is 548 g/mol. The molecule has 0 spiro atoms. The van der Waals surface area contributed by atoms with Gasteiger partial charge in [0.15, 0.2) is 0 Å². The summed E-state index contributed by atoms with van der Waals surface area (Å²) in [5.74, 6) is 1.43. The molecular weight excluding hydrogens is 507 g/mol. The Morgan fingerprint density at radius 3 is 2.00 bits per heavy atom. The second-order valence-corrected chi connectivity index (χ2v) is 10.1. The molecule has 2 heterocycles. The average Bonchev–Trinajstić information content (AvgIpc) is 2.81. The van der Waals surface area contributed by atoms with Crippen LogP contribution >= 0.6 is 37.2 Å². The van der Waals surface area contributed by atoms with Crippen LogP contribution in [0, 0.1) is 17.2 Å². The molecule has 3 fully saturated rings. The number of esters is 1. The number of carbonyl (C=O) groups excluding carboxylic acids is 1. The molecule has 0 amide bonds. The van der Waals surface area contributed by atoms with Crippen LogP contribution in [-0.4, -0.2) is 55.5 Å². The normalized spacial score (nSPS) is 20.2. The highest BCUT2D eigenvalue weighted by atomic mass is 35.5. The fourth-order valence-corrected chi connectivity index (χ4v) is 5.62. The van der Waals surface area contributed by atoms with Gasteiger partial charge in [-0.3, -0.25) is 10.2 Å². The molecule has 35 heavy (non-hydrogen) atoms. The molecule has 1 saturated carbocycles. The zero-order chi connectivity index (χ0) is 22.3. The number of anilines is 1. The van der Waals surface area contributed by atoms with Gasteiger partial charge >= 0.3 is 5.97 Å². The lowest BCUT2D eigenvalue weighted by molar-refractivity contribution is -0.152. The second kappa shape index (κ2) is 15.8. The van der Waals surface area contributed by atoms with E-state index in [1.165, 1.54) is 44.3 Å². The van der Waals surface area contributed by atoms with Gasteiger partial charge in [0.05, 0.1) is 0 Å². The van der Waals surface area contributed by atoms with E-state index in [4.69, 9.17) is 15.9 Å². The Balaban J connectivity index is 0.00000204. The topological polar surface area (TPSA) is 82.7 Å². The Labute approximate surface area is 229 Å². The number of hydrogen-bond acceptors (Lipinski definition) is 5. The molecule has 9 heteroatoms. The highest BCUT2D eigenvalue weighted by Gasteiger charge is 2.27. The first-order valence-electron chi connectivity index (χ1n) is 12.7. The van der Waals surface area contributed by atoms with E-state index in [1.54, 1.807) is 0 Å². The Kier molecular flexibility index (Phi) is 14.4. The molecule has 1 aromatic carbocycles. The Morgan fingerprint density at radius 2 is 1.43 bits per heavy atom. The fraction of sp³-hybridized carbons (Fsp3) is 0.692. The van der Waals surface area contributed by atoms with Crippen molar-refractivity contribution in [2.75, 3.05) is 37.6 Å². The van der Waals surface area contributed by atoms with E-state index in [1.807, 2.05) is 12.1 Å². The predicted molar refractivity (Wildman–Crippen MR) is 151 cm³/mol. The first-order chi connectivity index (χ1) is 15.6. The van der Waals surface area contributed by atoms with Crippen molar-refractivity contribution in [1.29, 1.82) is 5.41 Å². The van der Waals surface area contributed by atoms with E-state index in [0.717, 1.165) is 63.3 Å². The summed E-state index contributed by atoms with van der Waals surface area (Å²) < 4.78 is 5.73. The van der Waals surface area contributed by atoms with Crippen LogP contribution in [0.5, 0.6) is 0 Å². The highest BCUT2D eigenvalue weighted by Crippen LogP contribution is 2.28. The number of nitrogens with two attached hydrogens (primary N) is 1. The Bertz CT molecular complexity index is 758. The predicted octanol–water partition coefficient (Wildman–Crippen LogP) is 5.43. The van der Waals surface area contributed by atoms with Crippen molar-refractivity contribution in [1.82, 2.24) is 4.90 Å². The number of piperidine rings is 2. The molecule has 0 bridgehead atoms. The zero-order valence-electron chi connectivity index (χ0n) is 20.7. The molecule has 0 radical (unpaired) electrons. The zero-order valence-corrected chi connectivity index (χ0v) is 23.1. The summed E-state index contributed by atoms with van der Waals surface area (Å²) in [4.78, 5) is 17.4. The number of nitrogen functional groups attached to an aromatic ring is 1. The summed E-state index contributed by atoms with van der Waals surface area (Å²) in [5.41, 5.74) is 7.58. The molecule has 2 saturated heterocycles. The van der Waals surface area contributed by atoms with Crippen LogP contribution in [0.25, 0.3) is 0 Å². The van der Waals surface area contributed by atoms with Crippen LogP contribution in [0.1, 0.15) is 69.8 Å². The third-order valence-electron chi connectivity index (χ3n) is 7.69. The number of nitrogens with zero attached hydrogens (tertiary/aromatic N) is 2. The molecule has 1 aromatic rings. The standard InChI is InChI=1S/C26H40N4O2.3ClH/c27-26(28)22-6-8-23(9-7-22)30-16-12-21(13-17-30)19-29-14-10-20(11-15-29)18-25(31)32-24-4-2-1-3-5-24;;;/h6-9,20-21,24H,1-5,10-19H2,(H3,27,28);3*1H. The number of benzene rings is 1. The Morgan fingerprint density at radius 1 is 0.857 bits per heavy atom. The van der Waals surface area contributed by atoms with Gasteiger partial charge in [0, 0.05) is 37.3 Å². The van der Waals surface area contributed by atoms with Crippen LogP contribution in [0.2, 0.25) is 0 Å². The smallest absolute Gasteiger partial charge is 0.306 e. The summed E-state index contributed by atoms with van der Waals surface area (Å²) in [6.45, 7) is 5.61. The lowest BCUT2D eigenvalue weighted by Crippen LogP contribution is -2.42. The molecule has 1 aliphatic carbocycles. The third kappa shape index (κ3) is 9.64. The summed E-state index contributed by atoms with van der Waals surface area (Å²) >= 11 is 0.